The molecule has 0 radical (unpaired) electrons. The highest BCUT2D eigenvalue weighted by Crippen LogP contribution is 2.22. The maximum Gasteiger partial charge on any atom is 0.338 e. The first kappa shape index (κ1) is 21.8. The molecule has 1 amide bonds. The summed E-state index contributed by atoms with van der Waals surface area (Å²) in [6.07, 6.45) is 0. The molecule has 6 nitrogen and oxygen atoms in total. The molecule has 160 valence electrons. The quantitative estimate of drug-likeness (QED) is 0.760. The van der Waals surface area contributed by atoms with Gasteiger partial charge in [-0.1, -0.05) is 0 Å². The number of methoxy groups -OCH3 is 1. The van der Waals surface area contributed by atoms with Gasteiger partial charge in [0.2, 0.25) is 0 Å². The predicted octanol–water partition coefficient (Wildman–Crippen LogP) is 3.87. The van der Waals surface area contributed by atoms with Gasteiger partial charge in [0.1, 0.15) is 0 Å². The number of rotatable bonds is 5. The number of nitrogens with zero attached hydrogens (tertiary/aromatic N) is 2. The molecule has 0 saturated carbocycles. The van der Waals surface area contributed by atoms with Crippen molar-refractivity contribution in [2.24, 2.45) is 0 Å². The van der Waals surface area contributed by atoms with E-state index in [1.54, 1.807) is 6.07 Å². The Labute approximate surface area is 178 Å². The summed E-state index contributed by atoms with van der Waals surface area (Å²) in [4.78, 5) is 29.5. The smallest absolute Gasteiger partial charge is 0.338 e. The first-order chi connectivity index (χ1) is 14.3. The molecule has 0 unspecified atom stereocenters. The zero-order valence-electron chi connectivity index (χ0n) is 18.5. The Bertz CT molecular complexity index is 914. The van der Waals surface area contributed by atoms with Gasteiger partial charge < -0.3 is 15.0 Å². The van der Waals surface area contributed by atoms with Crippen LogP contribution in [0.25, 0.3) is 0 Å². The SMILES string of the molecule is COC(=O)c1cc(NC(=O)c2ccc(N3CCN(C(C)C)CC3)cc2)cc(C)c1C. The highest BCUT2D eigenvalue weighted by Gasteiger charge is 2.19. The number of hydrogen-bond donors (Lipinski definition) is 1. The molecule has 1 heterocycles. The van der Waals surface area contributed by atoms with E-state index in [0.717, 1.165) is 43.0 Å². The van der Waals surface area contributed by atoms with Crippen LogP contribution in [0.15, 0.2) is 36.4 Å². The fourth-order valence-electron chi connectivity index (χ4n) is 3.78. The van der Waals surface area contributed by atoms with Crippen LogP contribution < -0.4 is 10.2 Å². The van der Waals surface area contributed by atoms with E-state index in [-0.39, 0.29) is 5.91 Å². The van der Waals surface area contributed by atoms with Crippen molar-refractivity contribution in [3.8, 4) is 0 Å². The van der Waals surface area contributed by atoms with Crippen molar-refractivity contribution >= 4 is 23.3 Å². The molecule has 2 aromatic carbocycles. The van der Waals surface area contributed by atoms with Crippen LogP contribution in [0.1, 0.15) is 45.7 Å². The molecule has 0 bridgehead atoms. The lowest BCUT2D eigenvalue weighted by atomic mass is 10.0. The molecule has 30 heavy (non-hydrogen) atoms. The largest absolute Gasteiger partial charge is 0.465 e. The third kappa shape index (κ3) is 4.82. The summed E-state index contributed by atoms with van der Waals surface area (Å²) in [5.74, 6) is -0.612. The number of ether oxygens (including phenoxy) is 1. The Hall–Kier alpha value is -2.86. The van der Waals surface area contributed by atoms with Crippen molar-refractivity contribution in [1.29, 1.82) is 0 Å². The maximum atomic E-state index is 12.7. The first-order valence-corrected chi connectivity index (χ1v) is 10.4. The van der Waals surface area contributed by atoms with E-state index in [2.05, 4.69) is 29.0 Å². The fraction of sp³-hybridized carbons (Fsp3) is 0.417. The highest BCUT2D eigenvalue weighted by atomic mass is 16.5. The molecule has 1 aliphatic heterocycles. The number of esters is 1. The summed E-state index contributed by atoms with van der Waals surface area (Å²) in [7, 11) is 1.35. The zero-order chi connectivity index (χ0) is 21.8. The second-order valence-corrected chi connectivity index (χ2v) is 8.08. The monoisotopic (exact) mass is 409 g/mol. The van der Waals surface area contributed by atoms with Crippen LogP contribution in [-0.2, 0) is 4.74 Å². The Balaban J connectivity index is 1.68. The van der Waals surface area contributed by atoms with Crippen LogP contribution in [0.2, 0.25) is 0 Å². The third-order valence-electron chi connectivity index (χ3n) is 5.87. The summed E-state index contributed by atoms with van der Waals surface area (Å²) in [6.45, 7) is 12.3. The lowest BCUT2D eigenvalue weighted by Gasteiger charge is -2.38. The van der Waals surface area contributed by atoms with Gasteiger partial charge in [-0.25, -0.2) is 4.79 Å². The maximum absolute atomic E-state index is 12.7. The number of aryl methyl sites for hydroxylation is 1. The normalized spacial score (nSPS) is 14.7. The van der Waals surface area contributed by atoms with Crippen molar-refractivity contribution in [3.63, 3.8) is 0 Å². The topological polar surface area (TPSA) is 61.9 Å². The molecular formula is C24H31N3O3. The van der Waals surface area contributed by atoms with Gasteiger partial charge in [0.25, 0.3) is 5.91 Å². The van der Waals surface area contributed by atoms with E-state index >= 15 is 0 Å². The Morgan fingerprint density at radius 2 is 1.63 bits per heavy atom. The van der Waals surface area contributed by atoms with Gasteiger partial charge in [-0.05, 0) is 75.2 Å². The van der Waals surface area contributed by atoms with E-state index in [1.807, 2.05) is 44.2 Å². The summed E-state index contributed by atoms with van der Waals surface area (Å²) in [6, 6.07) is 11.8. The predicted molar refractivity (Wildman–Crippen MR) is 121 cm³/mol. The summed E-state index contributed by atoms with van der Waals surface area (Å²) >= 11 is 0. The Morgan fingerprint density at radius 1 is 1.00 bits per heavy atom. The van der Waals surface area contributed by atoms with Gasteiger partial charge in [-0.15, -0.1) is 0 Å². The van der Waals surface area contributed by atoms with Crippen LogP contribution in [0, 0.1) is 13.8 Å². The van der Waals surface area contributed by atoms with E-state index in [1.165, 1.54) is 7.11 Å². The Morgan fingerprint density at radius 3 is 2.20 bits per heavy atom. The summed E-state index contributed by atoms with van der Waals surface area (Å²) in [5.41, 5.74) is 4.53. The molecule has 3 rings (SSSR count). The minimum Gasteiger partial charge on any atom is -0.465 e. The summed E-state index contributed by atoms with van der Waals surface area (Å²) < 4.78 is 4.85. The molecule has 1 fully saturated rings. The van der Waals surface area contributed by atoms with Crippen LogP contribution in [-0.4, -0.2) is 56.1 Å². The van der Waals surface area contributed by atoms with Gasteiger partial charge >= 0.3 is 5.97 Å². The van der Waals surface area contributed by atoms with Gasteiger partial charge in [0, 0.05) is 49.2 Å². The number of piperazine rings is 1. The number of carbonyl (C=O) groups excluding carboxylic acids is 2. The molecule has 0 aliphatic carbocycles. The van der Waals surface area contributed by atoms with Crippen molar-refractivity contribution in [2.75, 3.05) is 43.5 Å². The average molecular weight is 410 g/mol. The summed E-state index contributed by atoms with van der Waals surface area (Å²) in [5, 5.41) is 2.90. The average Bonchev–Trinajstić information content (AvgIpc) is 2.75. The Kier molecular flexibility index (Phi) is 6.77. The number of hydrogen-bond acceptors (Lipinski definition) is 5. The zero-order valence-corrected chi connectivity index (χ0v) is 18.5. The minimum absolute atomic E-state index is 0.203. The standard InChI is InChI=1S/C24H31N3O3/c1-16(2)26-10-12-27(13-11-26)21-8-6-19(7-9-21)23(28)25-20-14-17(3)18(4)22(15-20)24(29)30-5/h6-9,14-16H,10-13H2,1-5H3,(H,25,28). The van der Waals surface area contributed by atoms with Crippen molar-refractivity contribution in [3.05, 3.63) is 58.7 Å². The number of nitrogens with one attached hydrogen (secondary N) is 1. The van der Waals surface area contributed by atoms with Gasteiger partial charge in [-0.2, -0.15) is 0 Å². The number of carbonyl (C=O) groups is 2. The van der Waals surface area contributed by atoms with Crippen LogP contribution in [0.4, 0.5) is 11.4 Å². The highest BCUT2D eigenvalue weighted by molar-refractivity contribution is 6.05. The van der Waals surface area contributed by atoms with Crippen molar-refractivity contribution in [1.82, 2.24) is 4.90 Å². The second kappa shape index (κ2) is 9.30. The van der Waals surface area contributed by atoms with Gasteiger partial charge in [0.05, 0.1) is 12.7 Å². The second-order valence-electron chi connectivity index (χ2n) is 8.08. The van der Waals surface area contributed by atoms with Crippen molar-refractivity contribution in [2.45, 2.75) is 33.7 Å². The molecule has 1 saturated heterocycles. The van der Waals surface area contributed by atoms with Crippen LogP contribution in [0.3, 0.4) is 0 Å². The van der Waals surface area contributed by atoms with E-state index in [4.69, 9.17) is 4.74 Å². The number of anilines is 2. The molecule has 0 atom stereocenters. The van der Waals surface area contributed by atoms with Crippen LogP contribution in [0.5, 0.6) is 0 Å². The first-order valence-electron chi connectivity index (χ1n) is 10.4. The lowest BCUT2D eigenvalue weighted by Crippen LogP contribution is -2.48. The number of benzene rings is 2. The number of amides is 1. The van der Waals surface area contributed by atoms with Gasteiger partial charge in [-0.3, -0.25) is 9.69 Å². The van der Waals surface area contributed by atoms with Crippen molar-refractivity contribution < 1.29 is 14.3 Å². The van der Waals surface area contributed by atoms with E-state index < -0.39 is 5.97 Å². The van der Waals surface area contributed by atoms with Crippen LogP contribution >= 0.6 is 0 Å². The minimum atomic E-state index is -0.409. The molecule has 1 N–H and O–H groups in total. The molecule has 2 aromatic rings. The lowest BCUT2D eigenvalue weighted by molar-refractivity contribution is 0.0599. The van der Waals surface area contributed by atoms with Gasteiger partial charge in [0.15, 0.2) is 0 Å². The molecular weight excluding hydrogens is 378 g/mol. The van der Waals surface area contributed by atoms with E-state index in [0.29, 0.717) is 22.9 Å². The molecule has 1 aliphatic rings. The molecule has 0 aromatic heterocycles. The van der Waals surface area contributed by atoms with E-state index in [9.17, 15) is 9.59 Å². The molecule has 6 heteroatoms. The fourth-order valence-corrected chi connectivity index (χ4v) is 3.78. The third-order valence-corrected chi connectivity index (χ3v) is 5.87. The molecule has 0 spiro atoms.